The average molecular weight is 379 g/mol. The van der Waals surface area contributed by atoms with Crippen LogP contribution in [0.4, 0.5) is 0 Å². The highest BCUT2D eigenvalue weighted by atomic mass is 32.2. The molecule has 1 fully saturated rings. The minimum Gasteiger partial charge on any atom is -0.383 e. The molecule has 8 heteroatoms. The van der Waals surface area contributed by atoms with E-state index in [0.29, 0.717) is 39.2 Å². The van der Waals surface area contributed by atoms with E-state index in [1.807, 2.05) is 30.5 Å². The lowest BCUT2D eigenvalue weighted by atomic mass is 10.1. The van der Waals surface area contributed by atoms with Crippen LogP contribution in [0.15, 0.2) is 30.5 Å². The van der Waals surface area contributed by atoms with Gasteiger partial charge < -0.3 is 14.2 Å². The number of hydrogen-bond donors (Lipinski definition) is 0. The fraction of sp³-hybridized carbons (Fsp3) is 0.500. The first-order valence-electron chi connectivity index (χ1n) is 8.68. The van der Waals surface area contributed by atoms with Gasteiger partial charge in [-0.15, -0.1) is 0 Å². The Morgan fingerprint density at radius 1 is 1.15 bits per heavy atom. The molecule has 26 heavy (non-hydrogen) atoms. The quantitative estimate of drug-likeness (QED) is 0.749. The summed E-state index contributed by atoms with van der Waals surface area (Å²) >= 11 is 0. The lowest BCUT2D eigenvalue weighted by molar-refractivity contribution is -0.131. The number of para-hydroxylation sites is 1. The molecule has 0 radical (unpaired) electrons. The van der Waals surface area contributed by atoms with Gasteiger partial charge >= 0.3 is 0 Å². The molecule has 2 heterocycles. The average Bonchev–Trinajstić information content (AvgIpc) is 2.97. The molecule has 7 nitrogen and oxygen atoms in total. The van der Waals surface area contributed by atoms with Crippen molar-refractivity contribution in [3.8, 4) is 0 Å². The maximum Gasteiger partial charge on any atom is 0.227 e. The number of piperazine rings is 1. The molecule has 1 aliphatic heterocycles. The van der Waals surface area contributed by atoms with Gasteiger partial charge in [0.2, 0.25) is 15.9 Å². The van der Waals surface area contributed by atoms with Crippen molar-refractivity contribution in [2.45, 2.75) is 13.0 Å². The highest BCUT2D eigenvalue weighted by molar-refractivity contribution is 7.88. The first kappa shape index (κ1) is 18.9. The highest BCUT2D eigenvalue weighted by Gasteiger charge is 2.26. The Morgan fingerprint density at radius 2 is 1.85 bits per heavy atom. The van der Waals surface area contributed by atoms with Gasteiger partial charge in [-0.1, -0.05) is 18.2 Å². The summed E-state index contributed by atoms with van der Waals surface area (Å²) in [6.07, 6.45) is 3.55. The second-order valence-electron chi connectivity index (χ2n) is 6.58. The van der Waals surface area contributed by atoms with Crippen LogP contribution in [0.3, 0.4) is 0 Å². The Balaban J connectivity index is 1.72. The van der Waals surface area contributed by atoms with Crippen molar-refractivity contribution < 1.29 is 17.9 Å². The monoisotopic (exact) mass is 379 g/mol. The maximum absolute atomic E-state index is 12.7. The number of fused-ring (bicyclic) bond motifs is 1. The zero-order valence-electron chi connectivity index (χ0n) is 15.2. The predicted molar refractivity (Wildman–Crippen MR) is 101 cm³/mol. The van der Waals surface area contributed by atoms with E-state index < -0.39 is 10.0 Å². The number of methoxy groups -OCH3 is 1. The summed E-state index contributed by atoms with van der Waals surface area (Å²) in [5.74, 6) is 0.0350. The van der Waals surface area contributed by atoms with Crippen LogP contribution in [0.1, 0.15) is 5.56 Å². The number of aromatic nitrogens is 1. The van der Waals surface area contributed by atoms with Gasteiger partial charge in [-0.3, -0.25) is 4.79 Å². The van der Waals surface area contributed by atoms with Gasteiger partial charge in [0.05, 0.1) is 19.3 Å². The third-order valence-corrected chi connectivity index (χ3v) is 6.11. The SMILES string of the molecule is COCCn1cc(CC(=O)N2CCN(S(C)(=O)=O)CC2)c2ccccc21. The fourth-order valence-corrected chi connectivity index (χ4v) is 4.21. The Kier molecular flexibility index (Phi) is 5.64. The van der Waals surface area contributed by atoms with Crippen LogP contribution in [-0.4, -0.2) is 74.2 Å². The van der Waals surface area contributed by atoms with E-state index in [-0.39, 0.29) is 5.91 Å². The summed E-state index contributed by atoms with van der Waals surface area (Å²) < 4.78 is 31.9. The number of amides is 1. The molecule has 142 valence electrons. The standard InChI is InChI=1S/C18H25N3O4S/c1-25-12-11-20-14-15(16-5-3-4-6-17(16)20)13-18(22)19-7-9-21(10-8-19)26(2,23)24/h3-6,14H,7-13H2,1-2H3. The molecule has 1 aromatic carbocycles. The van der Waals surface area contributed by atoms with E-state index in [4.69, 9.17) is 4.74 Å². The van der Waals surface area contributed by atoms with Crippen molar-refractivity contribution in [1.29, 1.82) is 0 Å². The molecule has 1 aliphatic rings. The second-order valence-corrected chi connectivity index (χ2v) is 8.56. The highest BCUT2D eigenvalue weighted by Crippen LogP contribution is 2.22. The van der Waals surface area contributed by atoms with E-state index in [0.717, 1.165) is 23.0 Å². The summed E-state index contributed by atoms with van der Waals surface area (Å²) in [6, 6.07) is 8.04. The Bertz CT molecular complexity index is 883. The van der Waals surface area contributed by atoms with Crippen LogP contribution in [-0.2, 0) is 32.5 Å². The molecule has 1 aromatic heterocycles. The molecule has 0 bridgehead atoms. The molecule has 0 aliphatic carbocycles. The number of ether oxygens (including phenoxy) is 1. The molecule has 0 spiro atoms. The van der Waals surface area contributed by atoms with Crippen LogP contribution in [0, 0.1) is 0 Å². The van der Waals surface area contributed by atoms with Crippen LogP contribution in [0.5, 0.6) is 0 Å². The number of benzene rings is 1. The van der Waals surface area contributed by atoms with Crippen LogP contribution in [0.2, 0.25) is 0 Å². The first-order chi connectivity index (χ1) is 12.4. The normalized spacial score (nSPS) is 16.3. The molecule has 0 unspecified atom stereocenters. The number of carbonyl (C=O) groups is 1. The number of carbonyl (C=O) groups excluding carboxylic acids is 1. The van der Waals surface area contributed by atoms with E-state index >= 15 is 0 Å². The molecular weight excluding hydrogens is 354 g/mol. The van der Waals surface area contributed by atoms with Crippen molar-refractivity contribution in [2.75, 3.05) is 46.2 Å². The topological polar surface area (TPSA) is 71.8 Å². The molecular formula is C18H25N3O4S. The van der Waals surface area contributed by atoms with Gasteiger partial charge in [-0.2, -0.15) is 4.31 Å². The lowest BCUT2D eigenvalue weighted by Gasteiger charge is -2.33. The van der Waals surface area contributed by atoms with Crippen molar-refractivity contribution >= 4 is 26.8 Å². The van der Waals surface area contributed by atoms with Crippen molar-refractivity contribution in [3.63, 3.8) is 0 Å². The zero-order chi connectivity index (χ0) is 18.7. The van der Waals surface area contributed by atoms with Crippen molar-refractivity contribution in [3.05, 3.63) is 36.0 Å². The second kappa shape index (κ2) is 7.77. The molecule has 1 amide bonds. The summed E-state index contributed by atoms with van der Waals surface area (Å²) in [6.45, 7) is 2.94. The minimum atomic E-state index is -3.19. The third kappa shape index (κ3) is 4.08. The maximum atomic E-state index is 12.7. The van der Waals surface area contributed by atoms with Crippen molar-refractivity contribution in [1.82, 2.24) is 13.8 Å². The molecule has 0 saturated carbocycles. The minimum absolute atomic E-state index is 0.0350. The van der Waals surface area contributed by atoms with E-state index in [1.54, 1.807) is 12.0 Å². The van der Waals surface area contributed by atoms with E-state index in [2.05, 4.69) is 4.57 Å². The Morgan fingerprint density at radius 3 is 2.50 bits per heavy atom. The summed E-state index contributed by atoms with van der Waals surface area (Å²) in [5, 5.41) is 1.08. The Hall–Kier alpha value is -1.90. The van der Waals surface area contributed by atoms with Gasteiger partial charge in [-0.05, 0) is 11.6 Å². The van der Waals surface area contributed by atoms with E-state index in [1.165, 1.54) is 10.6 Å². The van der Waals surface area contributed by atoms with Gasteiger partial charge in [-0.25, -0.2) is 8.42 Å². The van der Waals surface area contributed by atoms with Gasteiger partial charge in [0.15, 0.2) is 0 Å². The first-order valence-corrected chi connectivity index (χ1v) is 10.5. The lowest BCUT2D eigenvalue weighted by Crippen LogP contribution is -2.50. The van der Waals surface area contributed by atoms with Gasteiger partial charge in [0.1, 0.15) is 0 Å². The number of hydrogen-bond acceptors (Lipinski definition) is 4. The van der Waals surface area contributed by atoms with Gasteiger partial charge in [0, 0.05) is 56.9 Å². The summed E-state index contributed by atoms with van der Waals surface area (Å²) in [7, 11) is -1.52. The van der Waals surface area contributed by atoms with Gasteiger partial charge in [0.25, 0.3) is 0 Å². The third-order valence-electron chi connectivity index (χ3n) is 4.81. The fourth-order valence-electron chi connectivity index (χ4n) is 3.38. The molecule has 1 saturated heterocycles. The Labute approximate surface area is 154 Å². The molecule has 0 atom stereocenters. The molecule has 3 rings (SSSR count). The predicted octanol–water partition coefficient (Wildman–Crippen LogP) is 0.934. The van der Waals surface area contributed by atoms with Crippen molar-refractivity contribution in [2.24, 2.45) is 0 Å². The largest absolute Gasteiger partial charge is 0.383 e. The number of rotatable bonds is 6. The molecule has 0 N–H and O–H groups in total. The smallest absolute Gasteiger partial charge is 0.227 e. The number of nitrogens with zero attached hydrogens (tertiary/aromatic N) is 3. The van der Waals surface area contributed by atoms with Crippen LogP contribution >= 0.6 is 0 Å². The van der Waals surface area contributed by atoms with Crippen LogP contribution in [0.25, 0.3) is 10.9 Å². The summed E-state index contributed by atoms with van der Waals surface area (Å²) in [4.78, 5) is 14.5. The number of sulfonamides is 1. The van der Waals surface area contributed by atoms with Crippen LogP contribution < -0.4 is 0 Å². The summed E-state index contributed by atoms with van der Waals surface area (Å²) in [5.41, 5.74) is 2.08. The zero-order valence-corrected chi connectivity index (χ0v) is 16.0. The molecule has 2 aromatic rings. The van der Waals surface area contributed by atoms with E-state index in [9.17, 15) is 13.2 Å².